The summed E-state index contributed by atoms with van der Waals surface area (Å²) < 4.78 is 0. The lowest BCUT2D eigenvalue weighted by atomic mass is 9.75. The van der Waals surface area contributed by atoms with Gasteiger partial charge in [-0.1, -0.05) is 13.3 Å². The van der Waals surface area contributed by atoms with Crippen LogP contribution in [0.3, 0.4) is 0 Å². The molecule has 0 aromatic carbocycles. The van der Waals surface area contributed by atoms with Gasteiger partial charge >= 0.3 is 5.97 Å². The Balaban J connectivity index is 2.06. The lowest BCUT2D eigenvalue weighted by Gasteiger charge is -2.41. The van der Waals surface area contributed by atoms with Gasteiger partial charge in [-0.05, 0) is 64.3 Å². The molecule has 3 N–H and O–H groups in total. The van der Waals surface area contributed by atoms with E-state index in [9.17, 15) is 14.7 Å². The van der Waals surface area contributed by atoms with Gasteiger partial charge in [-0.25, -0.2) is 4.79 Å². The number of hydrogen-bond donors (Lipinski definition) is 3. The number of rotatable bonds is 4. The van der Waals surface area contributed by atoms with Crippen molar-refractivity contribution in [1.29, 1.82) is 0 Å². The molecule has 2 rings (SSSR count). The largest absolute Gasteiger partial charge is 0.480 e. The van der Waals surface area contributed by atoms with Crippen molar-refractivity contribution >= 4 is 11.9 Å². The highest BCUT2D eigenvalue weighted by molar-refractivity contribution is 5.92. The Morgan fingerprint density at radius 3 is 2.38 bits per heavy atom. The molecule has 1 saturated carbocycles. The van der Waals surface area contributed by atoms with Crippen molar-refractivity contribution in [3.05, 3.63) is 0 Å². The molecule has 1 heterocycles. The summed E-state index contributed by atoms with van der Waals surface area (Å²) in [6, 6.07) is 0. The van der Waals surface area contributed by atoms with E-state index >= 15 is 0 Å². The first-order valence-corrected chi connectivity index (χ1v) is 8.23. The normalized spacial score (nSPS) is 37.0. The van der Waals surface area contributed by atoms with E-state index in [0.29, 0.717) is 18.8 Å². The van der Waals surface area contributed by atoms with Gasteiger partial charge < -0.3 is 15.7 Å². The van der Waals surface area contributed by atoms with Gasteiger partial charge in [-0.2, -0.15) is 0 Å². The highest BCUT2D eigenvalue weighted by atomic mass is 16.4. The Morgan fingerprint density at radius 1 is 1.24 bits per heavy atom. The molecule has 5 nitrogen and oxygen atoms in total. The van der Waals surface area contributed by atoms with Crippen molar-refractivity contribution < 1.29 is 14.7 Å². The molecule has 1 saturated heterocycles. The van der Waals surface area contributed by atoms with Crippen LogP contribution < -0.4 is 10.6 Å². The van der Waals surface area contributed by atoms with Gasteiger partial charge in [0.05, 0.1) is 5.54 Å². The van der Waals surface area contributed by atoms with Gasteiger partial charge in [-0.3, -0.25) is 4.79 Å². The first kappa shape index (κ1) is 16.3. The number of hydrogen-bond acceptors (Lipinski definition) is 3. The molecule has 1 aliphatic heterocycles. The smallest absolute Gasteiger partial charge is 0.329 e. The maximum atomic E-state index is 12.6. The molecular weight excluding hydrogens is 268 g/mol. The van der Waals surface area contributed by atoms with E-state index < -0.39 is 17.0 Å². The van der Waals surface area contributed by atoms with E-state index in [2.05, 4.69) is 17.6 Å². The standard InChI is InChI=1S/C16H28N2O3/c1-3-12-6-9-16(10-7-12,14(20)21)18-13(19)15(2)8-4-5-11-17-15/h12,17H,3-11H2,1-2H3,(H,18,19)(H,20,21). The first-order chi connectivity index (χ1) is 9.92. The molecular formula is C16H28N2O3. The molecule has 5 heteroatoms. The van der Waals surface area contributed by atoms with E-state index in [4.69, 9.17) is 0 Å². The summed E-state index contributed by atoms with van der Waals surface area (Å²) in [6.45, 7) is 4.85. The number of carboxylic acid groups (broad SMARTS) is 1. The Labute approximate surface area is 126 Å². The summed E-state index contributed by atoms with van der Waals surface area (Å²) in [5.41, 5.74) is -1.69. The van der Waals surface area contributed by atoms with Gasteiger partial charge in [0.15, 0.2) is 0 Å². The number of carboxylic acids is 1. The average Bonchev–Trinajstić information content (AvgIpc) is 2.48. The molecule has 1 unspecified atom stereocenters. The van der Waals surface area contributed by atoms with Crippen molar-refractivity contribution in [1.82, 2.24) is 10.6 Å². The van der Waals surface area contributed by atoms with Crippen LogP contribution in [0.15, 0.2) is 0 Å². The van der Waals surface area contributed by atoms with Crippen LogP contribution >= 0.6 is 0 Å². The predicted molar refractivity (Wildman–Crippen MR) is 81.0 cm³/mol. The minimum Gasteiger partial charge on any atom is -0.480 e. The fraction of sp³-hybridized carbons (Fsp3) is 0.875. The van der Waals surface area contributed by atoms with Crippen LogP contribution in [0.1, 0.15) is 65.2 Å². The molecule has 1 aliphatic carbocycles. The third kappa shape index (κ3) is 3.39. The van der Waals surface area contributed by atoms with Crippen LogP contribution in [0.4, 0.5) is 0 Å². The maximum absolute atomic E-state index is 12.6. The molecule has 1 atom stereocenters. The van der Waals surface area contributed by atoms with Crippen molar-refractivity contribution in [2.45, 2.75) is 76.3 Å². The lowest BCUT2D eigenvalue weighted by Crippen LogP contribution is -2.65. The number of aliphatic carboxylic acids is 1. The zero-order valence-corrected chi connectivity index (χ0v) is 13.2. The van der Waals surface area contributed by atoms with Crippen LogP contribution in [0.5, 0.6) is 0 Å². The monoisotopic (exact) mass is 296 g/mol. The molecule has 0 bridgehead atoms. The number of carbonyl (C=O) groups is 2. The summed E-state index contributed by atoms with van der Waals surface area (Å²) in [7, 11) is 0. The highest BCUT2D eigenvalue weighted by Gasteiger charge is 2.46. The summed E-state index contributed by atoms with van der Waals surface area (Å²) in [6.07, 6.45) is 6.79. The molecule has 1 amide bonds. The zero-order valence-electron chi connectivity index (χ0n) is 13.2. The summed E-state index contributed by atoms with van der Waals surface area (Å²) in [4.78, 5) is 24.4. The minimum atomic E-state index is -1.06. The Kier molecular flexibility index (Phi) is 4.91. The molecule has 21 heavy (non-hydrogen) atoms. The van der Waals surface area contributed by atoms with E-state index in [0.717, 1.165) is 45.1 Å². The predicted octanol–water partition coefficient (Wildman–Crippen LogP) is 2.06. The van der Waals surface area contributed by atoms with E-state index in [1.165, 1.54) is 0 Å². The Morgan fingerprint density at radius 2 is 1.90 bits per heavy atom. The van der Waals surface area contributed by atoms with Gasteiger partial charge in [0, 0.05) is 0 Å². The maximum Gasteiger partial charge on any atom is 0.329 e. The summed E-state index contributed by atoms with van der Waals surface area (Å²) in [5, 5.41) is 15.8. The fourth-order valence-electron chi connectivity index (χ4n) is 3.58. The molecule has 2 fully saturated rings. The molecule has 0 radical (unpaired) electrons. The fourth-order valence-corrected chi connectivity index (χ4v) is 3.58. The second kappa shape index (κ2) is 6.34. The topological polar surface area (TPSA) is 78.4 Å². The van der Waals surface area contributed by atoms with Crippen LogP contribution in [0.2, 0.25) is 0 Å². The van der Waals surface area contributed by atoms with Crippen molar-refractivity contribution in [3.63, 3.8) is 0 Å². The van der Waals surface area contributed by atoms with E-state index in [1.54, 1.807) is 0 Å². The number of carbonyl (C=O) groups excluding carboxylic acids is 1. The second-order valence-corrected chi connectivity index (χ2v) is 6.91. The van der Waals surface area contributed by atoms with E-state index in [1.807, 2.05) is 6.92 Å². The van der Waals surface area contributed by atoms with Crippen LogP contribution in [-0.4, -0.2) is 34.6 Å². The van der Waals surface area contributed by atoms with Crippen LogP contribution in [-0.2, 0) is 9.59 Å². The lowest BCUT2D eigenvalue weighted by molar-refractivity contribution is -0.151. The average molecular weight is 296 g/mol. The highest BCUT2D eigenvalue weighted by Crippen LogP contribution is 2.34. The summed E-state index contributed by atoms with van der Waals surface area (Å²) in [5.74, 6) is -0.442. The molecule has 2 aliphatic rings. The Hall–Kier alpha value is -1.10. The first-order valence-electron chi connectivity index (χ1n) is 8.23. The third-order valence-electron chi connectivity index (χ3n) is 5.42. The number of amides is 1. The quantitative estimate of drug-likeness (QED) is 0.742. The van der Waals surface area contributed by atoms with E-state index in [-0.39, 0.29) is 5.91 Å². The Bertz CT molecular complexity index is 394. The van der Waals surface area contributed by atoms with Crippen LogP contribution in [0, 0.1) is 5.92 Å². The van der Waals surface area contributed by atoms with Gasteiger partial charge in [0.2, 0.25) is 5.91 Å². The minimum absolute atomic E-state index is 0.153. The molecule has 0 aromatic rings. The second-order valence-electron chi connectivity index (χ2n) is 6.91. The molecule has 120 valence electrons. The van der Waals surface area contributed by atoms with Gasteiger partial charge in [0.1, 0.15) is 5.54 Å². The van der Waals surface area contributed by atoms with Crippen molar-refractivity contribution in [3.8, 4) is 0 Å². The van der Waals surface area contributed by atoms with Gasteiger partial charge in [-0.15, -0.1) is 0 Å². The SMILES string of the molecule is CCC1CCC(NC(=O)C2(C)CCCCN2)(C(=O)O)CC1. The molecule has 0 aromatic heterocycles. The molecule has 0 spiro atoms. The summed E-state index contributed by atoms with van der Waals surface area (Å²) >= 11 is 0. The van der Waals surface area contributed by atoms with Crippen molar-refractivity contribution in [2.24, 2.45) is 5.92 Å². The number of piperidine rings is 1. The third-order valence-corrected chi connectivity index (χ3v) is 5.42. The number of nitrogens with one attached hydrogen (secondary N) is 2. The zero-order chi connectivity index (χ0) is 15.5. The van der Waals surface area contributed by atoms with Crippen LogP contribution in [0.25, 0.3) is 0 Å². The van der Waals surface area contributed by atoms with Gasteiger partial charge in [0.25, 0.3) is 0 Å². The van der Waals surface area contributed by atoms with Crippen molar-refractivity contribution in [2.75, 3.05) is 6.54 Å².